The van der Waals surface area contributed by atoms with E-state index in [2.05, 4.69) is 10.1 Å². The number of aryl methyl sites for hydroxylation is 1. The van der Waals surface area contributed by atoms with Crippen LogP contribution in [0.25, 0.3) is 0 Å². The molecule has 0 aliphatic carbocycles. The second-order valence-electron chi connectivity index (χ2n) is 7.85. The number of piperidine rings is 1. The van der Waals surface area contributed by atoms with Crippen LogP contribution in [0.2, 0.25) is 0 Å². The zero-order chi connectivity index (χ0) is 23.0. The molecule has 1 saturated heterocycles. The highest BCUT2D eigenvalue weighted by atomic mass is 32.2. The molecular weight excluding hydrogens is 445 g/mol. The van der Waals surface area contributed by atoms with Crippen LogP contribution in [0.1, 0.15) is 47.6 Å². The third-order valence-corrected chi connectivity index (χ3v) is 7.11. The minimum Gasteiger partial charge on any atom is -0.469 e. The average Bonchev–Trinajstić information content (AvgIpc) is 3.32. The highest BCUT2D eigenvalue weighted by Crippen LogP contribution is 2.43. The number of rotatable bonds is 5. The Labute approximate surface area is 187 Å². The molecule has 0 radical (unpaired) electrons. The van der Waals surface area contributed by atoms with Crippen LogP contribution in [0.15, 0.2) is 29.4 Å². The monoisotopic (exact) mass is 468 g/mol. The standard InChI is InChI=1S/C21H23F3N4O3S/c1-3-15-25-20-28(26-15)18(29)17(32-20)16(13-5-4-6-14(11-13)21(22,23)24)27-9-7-12(8-10-27)19(30)31-2/h4-6,11-12,16-17H,3,7-10H2,1-2H3. The van der Waals surface area contributed by atoms with Crippen molar-refractivity contribution in [3.8, 4) is 0 Å². The summed E-state index contributed by atoms with van der Waals surface area (Å²) >= 11 is 1.23. The van der Waals surface area contributed by atoms with Crippen molar-refractivity contribution in [2.45, 2.75) is 48.8 Å². The molecule has 4 rings (SSSR count). The van der Waals surface area contributed by atoms with E-state index in [0.717, 1.165) is 12.1 Å². The molecule has 3 heterocycles. The number of benzene rings is 1. The van der Waals surface area contributed by atoms with Crippen LogP contribution in [0.5, 0.6) is 0 Å². The fourth-order valence-corrected chi connectivity index (χ4v) is 5.52. The van der Waals surface area contributed by atoms with Gasteiger partial charge in [0.25, 0.3) is 5.91 Å². The normalized spacial score (nSPS) is 20.9. The second kappa shape index (κ2) is 8.86. The van der Waals surface area contributed by atoms with Crippen molar-refractivity contribution in [3.05, 3.63) is 41.2 Å². The van der Waals surface area contributed by atoms with Crippen molar-refractivity contribution in [1.82, 2.24) is 19.7 Å². The number of carbonyl (C=O) groups is 2. The van der Waals surface area contributed by atoms with Crippen LogP contribution in [0.4, 0.5) is 13.2 Å². The van der Waals surface area contributed by atoms with Gasteiger partial charge in [-0.25, -0.2) is 4.98 Å². The molecule has 2 unspecified atom stereocenters. The number of hydrogen-bond donors (Lipinski definition) is 0. The van der Waals surface area contributed by atoms with Gasteiger partial charge in [-0.2, -0.15) is 17.9 Å². The molecule has 1 fully saturated rings. The third kappa shape index (κ3) is 4.27. The molecule has 11 heteroatoms. The van der Waals surface area contributed by atoms with Crippen molar-refractivity contribution >= 4 is 23.6 Å². The number of nitrogens with zero attached hydrogens (tertiary/aromatic N) is 4. The van der Waals surface area contributed by atoms with E-state index in [9.17, 15) is 22.8 Å². The molecule has 2 aliphatic heterocycles. The van der Waals surface area contributed by atoms with Crippen LogP contribution in [0, 0.1) is 5.92 Å². The van der Waals surface area contributed by atoms with E-state index in [1.54, 1.807) is 6.07 Å². The van der Waals surface area contributed by atoms with Crippen molar-refractivity contribution in [1.29, 1.82) is 0 Å². The summed E-state index contributed by atoms with van der Waals surface area (Å²) in [7, 11) is 1.34. The Morgan fingerprint density at radius 3 is 2.62 bits per heavy atom. The van der Waals surface area contributed by atoms with E-state index in [0.29, 0.717) is 48.9 Å². The van der Waals surface area contributed by atoms with Crippen LogP contribution < -0.4 is 0 Å². The Bertz CT molecular complexity index is 1020. The number of thioether (sulfide) groups is 1. The second-order valence-corrected chi connectivity index (χ2v) is 8.96. The summed E-state index contributed by atoms with van der Waals surface area (Å²) in [5.41, 5.74) is -0.354. The van der Waals surface area contributed by atoms with Gasteiger partial charge in [-0.15, -0.1) is 5.10 Å². The molecule has 1 aromatic heterocycles. The number of methoxy groups -OCH3 is 1. The molecular formula is C21H23F3N4O3S. The number of likely N-dealkylation sites (tertiary alicyclic amines) is 1. The highest BCUT2D eigenvalue weighted by molar-refractivity contribution is 8.00. The average molecular weight is 469 g/mol. The number of hydrogen-bond acceptors (Lipinski definition) is 7. The lowest BCUT2D eigenvalue weighted by Crippen LogP contribution is -2.44. The molecule has 2 aliphatic rings. The van der Waals surface area contributed by atoms with E-state index in [1.807, 2.05) is 11.8 Å². The first-order valence-corrected chi connectivity index (χ1v) is 11.3. The van der Waals surface area contributed by atoms with Gasteiger partial charge >= 0.3 is 12.1 Å². The molecule has 1 aromatic carbocycles. The summed E-state index contributed by atoms with van der Waals surface area (Å²) in [5.74, 6) is -0.291. The van der Waals surface area contributed by atoms with Gasteiger partial charge < -0.3 is 4.74 Å². The first-order chi connectivity index (χ1) is 15.2. The Morgan fingerprint density at radius 1 is 1.31 bits per heavy atom. The number of fused-ring (bicyclic) bond motifs is 1. The van der Waals surface area contributed by atoms with Crippen LogP contribution in [-0.2, 0) is 22.1 Å². The molecule has 0 N–H and O–H groups in total. The summed E-state index contributed by atoms with van der Waals surface area (Å²) in [6.07, 6.45) is -2.89. The van der Waals surface area contributed by atoms with E-state index in [-0.39, 0.29) is 17.8 Å². The lowest BCUT2D eigenvalue weighted by atomic mass is 9.92. The van der Waals surface area contributed by atoms with Crippen LogP contribution in [-0.4, -0.2) is 57.0 Å². The van der Waals surface area contributed by atoms with Gasteiger partial charge in [0, 0.05) is 6.42 Å². The SMILES string of the molecule is CCc1nc2n(n1)C(=O)C(C(c1cccc(C(F)(F)F)c1)N1CCC(C(=O)OC)CC1)S2. The van der Waals surface area contributed by atoms with Crippen molar-refractivity contribution in [3.63, 3.8) is 0 Å². The maximum Gasteiger partial charge on any atom is 0.416 e. The molecule has 0 bridgehead atoms. The van der Waals surface area contributed by atoms with Gasteiger partial charge in [0.15, 0.2) is 11.0 Å². The highest BCUT2D eigenvalue weighted by Gasteiger charge is 2.44. The third-order valence-electron chi connectivity index (χ3n) is 5.92. The largest absolute Gasteiger partial charge is 0.469 e. The zero-order valence-electron chi connectivity index (χ0n) is 17.6. The predicted molar refractivity (Wildman–Crippen MR) is 110 cm³/mol. The van der Waals surface area contributed by atoms with E-state index >= 15 is 0 Å². The predicted octanol–water partition coefficient (Wildman–Crippen LogP) is 3.60. The Morgan fingerprint density at radius 2 is 2.03 bits per heavy atom. The fraction of sp³-hybridized carbons (Fsp3) is 0.524. The van der Waals surface area contributed by atoms with E-state index in [4.69, 9.17) is 4.74 Å². The Kier molecular flexibility index (Phi) is 6.30. The number of aromatic nitrogens is 3. The molecule has 7 nitrogen and oxygen atoms in total. The van der Waals surface area contributed by atoms with Gasteiger partial charge in [-0.3, -0.25) is 14.5 Å². The summed E-state index contributed by atoms with van der Waals surface area (Å²) in [6, 6.07) is 4.50. The Hall–Kier alpha value is -2.40. The molecule has 172 valence electrons. The zero-order valence-corrected chi connectivity index (χ0v) is 18.4. The summed E-state index contributed by atoms with van der Waals surface area (Å²) in [6.45, 7) is 2.80. The summed E-state index contributed by atoms with van der Waals surface area (Å²) in [4.78, 5) is 31.5. The molecule has 0 spiro atoms. The maximum absolute atomic E-state index is 13.4. The van der Waals surface area contributed by atoms with Gasteiger partial charge in [-0.1, -0.05) is 30.8 Å². The summed E-state index contributed by atoms with van der Waals surface area (Å²) in [5, 5.41) is 4.01. The first-order valence-electron chi connectivity index (χ1n) is 10.4. The number of carbonyl (C=O) groups excluding carboxylic acids is 2. The number of ether oxygens (including phenoxy) is 1. The van der Waals surface area contributed by atoms with Crippen molar-refractivity contribution in [2.75, 3.05) is 20.2 Å². The van der Waals surface area contributed by atoms with Gasteiger partial charge in [0.1, 0.15) is 5.25 Å². The molecule has 2 aromatic rings. The molecule has 32 heavy (non-hydrogen) atoms. The maximum atomic E-state index is 13.4. The van der Waals surface area contributed by atoms with Gasteiger partial charge in [0.2, 0.25) is 0 Å². The number of halogens is 3. The topological polar surface area (TPSA) is 77.3 Å². The minimum absolute atomic E-state index is 0.255. The quantitative estimate of drug-likeness (QED) is 0.621. The molecule has 2 atom stereocenters. The lowest BCUT2D eigenvalue weighted by Gasteiger charge is -2.39. The first kappa shape index (κ1) is 22.8. The molecule has 0 amide bonds. The Balaban J connectivity index is 1.66. The van der Waals surface area contributed by atoms with Crippen LogP contribution >= 0.6 is 11.8 Å². The van der Waals surface area contributed by atoms with E-state index < -0.39 is 23.0 Å². The minimum atomic E-state index is -4.49. The van der Waals surface area contributed by atoms with Gasteiger partial charge in [-0.05, 0) is 43.6 Å². The van der Waals surface area contributed by atoms with E-state index in [1.165, 1.54) is 29.6 Å². The van der Waals surface area contributed by atoms with Gasteiger partial charge in [0.05, 0.1) is 24.6 Å². The van der Waals surface area contributed by atoms with Crippen molar-refractivity contribution in [2.24, 2.45) is 5.92 Å². The van der Waals surface area contributed by atoms with Crippen molar-refractivity contribution < 1.29 is 27.5 Å². The fourth-order valence-electron chi connectivity index (χ4n) is 4.25. The summed E-state index contributed by atoms with van der Waals surface area (Å²) < 4.78 is 46.3. The number of alkyl halides is 3. The van der Waals surface area contributed by atoms with Crippen LogP contribution in [0.3, 0.4) is 0 Å². The lowest BCUT2D eigenvalue weighted by molar-refractivity contribution is -0.147. The molecule has 0 saturated carbocycles. The number of esters is 1. The smallest absolute Gasteiger partial charge is 0.416 e.